The van der Waals surface area contributed by atoms with Crippen molar-refractivity contribution in [3.05, 3.63) is 33.8 Å². The highest BCUT2D eigenvalue weighted by atomic mass is 79.9. The van der Waals surface area contributed by atoms with E-state index in [4.69, 9.17) is 5.11 Å². The van der Waals surface area contributed by atoms with Gasteiger partial charge in [-0.05, 0) is 29.7 Å². The molecule has 16 heavy (non-hydrogen) atoms. The van der Waals surface area contributed by atoms with E-state index in [0.29, 0.717) is 0 Å². The molecule has 0 atom stereocenters. The largest absolute Gasteiger partial charge is 0.481 e. The number of carboxylic acids is 1. The van der Waals surface area contributed by atoms with Gasteiger partial charge in [-0.15, -0.1) is 0 Å². The van der Waals surface area contributed by atoms with Crippen LogP contribution in [0.4, 0.5) is 0 Å². The van der Waals surface area contributed by atoms with Crippen molar-refractivity contribution < 1.29 is 9.90 Å². The van der Waals surface area contributed by atoms with E-state index >= 15 is 0 Å². The van der Waals surface area contributed by atoms with E-state index in [1.807, 2.05) is 26.0 Å². The molecule has 1 aromatic carbocycles. The molecule has 1 aromatic rings. The molecule has 0 spiro atoms. The quantitative estimate of drug-likeness (QED) is 0.914. The second-order valence-corrected chi connectivity index (χ2v) is 5.53. The summed E-state index contributed by atoms with van der Waals surface area (Å²) in [5.74, 6) is -0.757. The van der Waals surface area contributed by atoms with Crippen molar-refractivity contribution in [3.63, 3.8) is 0 Å². The Kier molecular flexibility index (Phi) is 4.14. The third-order valence-electron chi connectivity index (χ3n) is 2.78. The van der Waals surface area contributed by atoms with Crippen LogP contribution in [0.25, 0.3) is 0 Å². The molecule has 3 heteroatoms. The average Bonchev–Trinajstić information content (AvgIpc) is 2.15. The fourth-order valence-electron chi connectivity index (χ4n) is 1.96. The molecular weight excluding hydrogens is 268 g/mol. The molecule has 0 radical (unpaired) electrons. The van der Waals surface area contributed by atoms with Gasteiger partial charge in [0.25, 0.3) is 0 Å². The van der Waals surface area contributed by atoms with Crippen molar-refractivity contribution in [3.8, 4) is 0 Å². The van der Waals surface area contributed by atoms with Gasteiger partial charge in [-0.1, -0.05) is 42.8 Å². The Morgan fingerprint density at radius 3 is 2.56 bits per heavy atom. The minimum Gasteiger partial charge on any atom is -0.481 e. The first kappa shape index (κ1) is 13.2. The molecule has 0 aliphatic heterocycles. The monoisotopic (exact) mass is 284 g/mol. The van der Waals surface area contributed by atoms with Crippen LogP contribution in [0.5, 0.6) is 0 Å². The summed E-state index contributed by atoms with van der Waals surface area (Å²) in [4.78, 5) is 10.9. The molecule has 0 unspecified atom stereocenters. The minimum atomic E-state index is -0.757. The summed E-state index contributed by atoms with van der Waals surface area (Å²) in [5.41, 5.74) is 2.00. The van der Waals surface area contributed by atoms with Crippen LogP contribution in [-0.4, -0.2) is 11.1 Å². The molecule has 0 saturated carbocycles. The van der Waals surface area contributed by atoms with Crippen LogP contribution >= 0.6 is 15.9 Å². The predicted molar refractivity (Wildman–Crippen MR) is 68.8 cm³/mol. The Morgan fingerprint density at radius 1 is 1.44 bits per heavy atom. The lowest BCUT2D eigenvalue weighted by molar-refractivity contribution is -0.138. The maximum Gasteiger partial charge on any atom is 0.304 e. The highest BCUT2D eigenvalue weighted by Gasteiger charge is 2.26. The molecule has 0 aliphatic carbocycles. The van der Waals surface area contributed by atoms with Crippen LogP contribution in [0, 0.1) is 0 Å². The first-order chi connectivity index (χ1) is 7.36. The number of hydrogen-bond acceptors (Lipinski definition) is 1. The summed E-state index contributed by atoms with van der Waals surface area (Å²) < 4.78 is 0.998. The van der Waals surface area contributed by atoms with E-state index in [2.05, 4.69) is 28.9 Å². The molecule has 88 valence electrons. The minimum absolute atomic E-state index is 0.149. The van der Waals surface area contributed by atoms with Gasteiger partial charge in [0.1, 0.15) is 0 Å². The van der Waals surface area contributed by atoms with Crippen molar-refractivity contribution in [2.24, 2.45) is 0 Å². The fraction of sp³-hybridized carbons (Fsp3) is 0.462. The first-order valence-electron chi connectivity index (χ1n) is 5.37. The third kappa shape index (κ3) is 3.08. The maximum atomic E-state index is 10.9. The number of benzene rings is 1. The Hall–Kier alpha value is -0.830. The molecular formula is C13H17BrO2. The lowest BCUT2D eigenvalue weighted by Crippen LogP contribution is -2.23. The normalized spacial score (nSPS) is 11.5. The zero-order chi connectivity index (χ0) is 12.3. The zero-order valence-electron chi connectivity index (χ0n) is 9.88. The number of rotatable bonds is 4. The molecule has 2 nitrogen and oxygen atoms in total. The molecule has 0 heterocycles. The number of hydrogen-bond donors (Lipinski definition) is 1. The van der Waals surface area contributed by atoms with Gasteiger partial charge in [-0.25, -0.2) is 0 Å². The van der Waals surface area contributed by atoms with Crippen molar-refractivity contribution >= 4 is 21.9 Å². The van der Waals surface area contributed by atoms with Gasteiger partial charge < -0.3 is 5.11 Å². The predicted octanol–water partition coefficient (Wildman–Crippen LogP) is 3.76. The first-order valence-corrected chi connectivity index (χ1v) is 6.17. The number of aryl methyl sites for hydroxylation is 1. The highest BCUT2D eigenvalue weighted by Crippen LogP contribution is 2.32. The summed E-state index contributed by atoms with van der Waals surface area (Å²) in [7, 11) is 0. The topological polar surface area (TPSA) is 37.3 Å². The summed E-state index contributed by atoms with van der Waals surface area (Å²) in [5, 5.41) is 8.93. The van der Waals surface area contributed by atoms with E-state index in [9.17, 15) is 4.79 Å². The van der Waals surface area contributed by atoms with Gasteiger partial charge >= 0.3 is 5.97 Å². The fourth-order valence-corrected chi connectivity index (χ4v) is 2.32. The van der Waals surface area contributed by atoms with Crippen LogP contribution in [0.15, 0.2) is 22.7 Å². The van der Waals surface area contributed by atoms with Crippen molar-refractivity contribution in [2.75, 3.05) is 0 Å². The molecule has 1 rings (SSSR count). The summed E-state index contributed by atoms with van der Waals surface area (Å²) >= 11 is 3.44. The molecule has 0 aliphatic rings. The Balaban J connectivity index is 3.18. The van der Waals surface area contributed by atoms with Gasteiger partial charge in [0.15, 0.2) is 0 Å². The van der Waals surface area contributed by atoms with Crippen LogP contribution in [-0.2, 0) is 16.6 Å². The van der Waals surface area contributed by atoms with E-state index in [1.165, 1.54) is 5.56 Å². The van der Waals surface area contributed by atoms with Gasteiger partial charge in [0, 0.05) is 9.89 Å². The van der Waals surface area contributed by atoms with Crippen LogP contribution < -0.4 is 0 Å². The maximum absolute atomic E-state index is 10.9. The van der Waals surface area contributed by atoms with E-state index in [0.717, 1.165) is 16.5 Å². The van der Waals surface area contributed by atoms with Crippen LogP contribution in [0.3, 0.4) is 0 Å². The number of aliphatic carboxylic acids is 1. The summed E-state index contributed by atoms with van der Waals surface area (Å²) in [6.07, 6.45) is 1.07. The zero-order valence-corrected chi connectivity index (χ0v) is 11.5. The summed E-state index contributed by atoms with van der Waals surface area (Å²) in [6.45, 7) is 6.04. The lowest BCUT2D eigenvalue weighted by Gasteiger charge is -2.26. The third-order valence-corrected chi connectivity index (χ3v) is 3.27. The number of carboxylic acid groups (broad SMARTS) is 1. The molecule has 0 saturated heterocycles. The van der Waals surface area contributed by atoms with Gasteiger partial charge in [0.2, 0.25) is 0 Å². The number of carbonyl (C=O) groups is 1. The van der Waals surface area contributed by atoms with E-state index < -0.39 is 5.97 Å². The van der Waals surface area contributed by atoms with Gasteiger partial charge in [-0.2, -0.15) is 0 Å². The van der Waals surface area contributed by atoms with Crippen LogP contribution in [0.2, 0.25) is 0 Å². The van der Waals surface area contributed by atoms with Crippen molar-refractivity contribution in [1.29, 1.82) is 0 Å². The Morgan fingerprint density at radius 2 is 2.06 bits per heavy atom. The van der Waals surface area contributed by atoms with Crippen molar-refractivity contribution in [2.45, 2.75) is 39.0 Å². The molecule has 1 N–H and O–H groups in total. The second-order valence-electron chi connectivity index (χ2n) is 4.61. The van der Waals surface area contributed by atoms with Gasteiger partial charge in [0.05, 0.1) is 6.42 Å². The second kappa shape index (κ2) is 5.00. The Labute approximate surface area is 105 Å². The molecule has 0 aromatic heterocycles. The van der Waals surface area contributed by atoms with Gasteiger partial charge in [-0.3, -0.25) is 4.79 Å². The molecule has 0 amide bonds. The van der Waals surface area contributed by atoms with Crippen LogP contribution in [0.1, 0.15) is 38.3 Å². The summed E-state index contributed by atoms with van der Waals surface area (Å²) in [6, 6.07) is 6.09. The standard InChI is InChI=1S/C13H17BrO2/c1-4-9-5-6-10(14)7-11(9)13(2,3)8-12(15)16/h5-7H,4,8H2,1-3H3,(H,15,16). The van der Waals surface area contributed by atoms with Crippen molar-refractivity contribution in [1.82, 2.24) is 0 Å². The number of halogens is 1. The smallest absolute Gasteiger partial charge is 0.304 e. The molecule has 0 fully saturated rings. The average molecular weight is 285 g/mol. The molecule has 0 bridgehead atoms. The Bertz CT molecular complexity index is 397. The van der Waals surface area contributed by atoms with E-state index in [-0.39, 0.29) is 11.8 Å². The van der Waals surface area contributed by atoms with E-state index in [1.54, 1.807) is 0 Å². The lowest BCUT2D eigenvalue weighted by atomic mass is 9.78. The highest BCUT2D eigenvalue weighted by molar-refractivity contribution is 9.10. The SMILES string of the molecule is CCc1ccc(Br)cc1C(C)(C)CC(=O)O.